The fraction of sp³-hybridized carbons (Fsp3) is 0.316. The van der Waals surface area contributed by atoms with Crippen LogP contribution in [0, 0.1) is 17.1 Å². The summed E-state index contributed by atoms with van der Waals surface area (Å²) >= 11 is 0. The van der Waals surface area contributed by atoms with Gasteiger partial charge in [-0.3, -0.25) is 4.90 Å². The van der Waals surface area contributed by atoms with E-state index in [1.807, 2.05) is 18.2 Å². The highest BCUT2D eigenvalue weighted by molar-refractivity contribution is 5.45. The van der Waals surface area contributed by atoms with Gasteiger partial charge in [0, 0.05) is 19.1 Å². The van der Waals surface area contributed by atoms with Crippen molar-refractivity contribution in [3.05, 3.63) is 65.0 Å². The molecule has 0 aromatic heterocycles. The van der Waals surface area contributed by atoms with E-state index in [1.165, 1.54) is 19.2 Å². The zero-order chi connectivity index (χ0) is 17.1. The molecule has 124 valence electrons. The van der Waals surface area contributed by atoms with Crippen LogP contribution in [0.3, 0.4) is 0 Å². The monoisotopic (exact) mass is 326 g/mol. The Morgan fingerprint density at radius 1 is 1.33 bits per heavy atom. The van der Waals surface area contributed by atoms with Gasteiger partial charge in [-0.1, -0.05) is 18.2 Å². The molecule has 2 aromatic carbocycles. The van der Waals surface area contributed by atoms with Crippen LogP contribution in [0.15, 0.2) is 42.5 Å². The van der Waals surface area contributed by atoms with E-state index in [-0.39, 0.29) is 11.9 Å². The molecule has 0 radical (unpaired) electrons. The summed E-state index contributed by atoms with van der Waals surface area (Å²) in [5.41, 5.74) is 2.35. The molecule has 0 saturated carbocycles. The highest BCUT2D eigenvalue weighted by Gasteiger charge is 2.32. The van der Waals surface area contributed by atoms with Crippen LogP contribution in [-0.2, 0) is 6.54 Å². The van der Waals surface area contributed by atoms with Gasteiger partial charge in [0.05, 0.1) is 18.8 Å². The number of hydrogen-bond acceptors (Lipinski definition) is 4. The van der Waals surface area contributed by atoms with Gasteiger partial charge in [-0.2, -0.15) is 5.26 Å². The second-order valence-electron chi connectivity index (χ2n) is 6.04. The number of rotatable bonds is 4. The number of likely N-dealkylation sites (tertiary alicyclic amines) is 1. The smallest absolute Gasteiger partial charge is 0.136 e. The lowest BCUT2D eigenvalue weighted by Crippen LogP contribution is -2.24. The molecule has 0 spiro atoms. The van der Waals surface area contributed by atoms with Crippen LogP contribution in [0.4, 0.5) is 4.39 Å². The molecule has 1 saturated heterocycles. The van der Waals surface area contributed by atoms with Gasteiger partial charge in [0.1, 0.15) is 17.6 Å². The van der Waals surface area contributed by atoms with E-state index < -0.39 is 6.10 Å². The summed E-state index contributed by atoms with van der Waals surface area (Å²) in [6.45, 7) is 1.13. The van der Waals surface area contributed by atoms with Gasteiger partial charge in [-0.05, 0) is 41.8 Å². The van der Waals surface area contributed by atoms with Gasteiger partial charge in [0.2, 0.25) is 0 Å². The van der Waals surface area contributed by atoms with Gasteiger partial charge < -0.3 is 9.84 Å². The first-order chi connectivity index (χ1) is 11.6. The number of nitriles is 1. The summed E-state index contributed by atoms with van der Waals surface area (Å²) in [5.74, 6) is 0.269. The fourth-order valence-electron chi connectivity index (χ4n) is 3.28. The zero-order valence-electron chi connectivity index (χ0n) is 13.4. The van der Waals surface area contributed by atoms with E-state index >= 15 is 0 Å². The summed E-state index contributed by atoms with van der Waals surface area (Å²) in [6.07, 6.45) is 0.148. The van der Waals surface area contributed by atoms with Crippen molar-refractivity contribution in [1.82, 2.24) is 4.90 Å². The molecular weight excluding hydrogens is 307 g/mol. The van der Waals surface area contributed by atoms with Crippen molar-refractivity contribution in [3.63, 3.8) is 0 Å². The first-order valence-corrected chi connectivity index (χ1v) is 7.85. The number of hydrogen-bond donors (Lipinski definition) is 1. The third-order valence-corrected chi connectivity index (χ3v) is 4.39. The number of methoxy groups -OCH3 is 1. The van der Waals surface area contributed by atoms with E-state index in [0.29, 0.717) is 30.8 Å². The van der Waals surface area contributed by atoms with E-state index in [2.05, 4.69) is 11.0 Å². The van der Waals surface area contributed by atoms with Crippen molar-refractivity contribution in [1.29, 1.82) is 5.26 Å². The highest BCUT2D eigenvalue weighted by Crippen LogP contribution is 2.34. The Balaban J connectivity index is 1.84. The minimum Gasteiger partial charge on any atom is -0.495 e. The predicted molar refractivity (Wildman–Crippen MR) is 87.9 cm³/mol. The normalized spacial score (nSPS) is 20.8. The second kappa shape index (κ2) is 7.00. The summed E-state index contributed by atoms with van der Waals surface area (Å²) in [5, 5.41) is 19.1. The molecule has 0 aliphatic carbocycles. The molecule has 24 heavy (non-hydrogen) atoms. The van der Waals surface area contributed by atoms with Crippen LogP contribution < -0.4 is 4.74 Å². The van der Waals surface area contributed by atoms with E-state index in [1.54, 1.807) is 12.1 Å². The topological polar surface area (TPSA) is 56.5 Å². The molecule has 1 aliphatic rings. The Kier molecular flexibility index (Phi) is 4.79. The molecule has 2 unspecified atom stereocenters. The molecule has 0 amide bonds. The second-order valence-corrected chi connectivity index (χ2v) is 6.04. The maximum atomic E-state index is 13.5. The number of ether oxygens (including phenoxy) is 1. The molecule has 2 atom stereocenters. The maximum Gasteiger partial charge on any atom is 0.136 e. The number of benzene rings is 2. The minimum atomic E-state index is -0.432. The van der Waals surface area contributed by atoms with Crippen LogP contribution in [0.1, 0.15) is 29.2 Å². The summed E-state index contributed by atoms with van der Waals surface area (Å²) < 4.78 is 18.8. The van der Waals surface area contributed by atoms with Crippen molar-refractivity contribution in [3.8, 4) is 11.8 Å². The average molecular weight is 326 g/mol. The van der Waals surface area contributed by atoms with Crippen molar-refractivity contribution in [2.45, 2.75) is 25.1 Å². The molecule has 1 heterocycles. The Bertz CT molecular complexity index is 772. The number of aliphatic hydroxyl groups is 1. The Hall–Kier alpha value is -2.42. The molecule has 2 aromatic rings. The van der Waals surface area contributed by atoms with Gasteiger partial charge in [-0.25, -0.2) is 4.39 Å². The number of nitrogens with zero attached hydrogens (tertiary/aromatic N) is 2. The molecule has 1 fully saturated rings. The van der Waals surface area contributed by atoms with Gasteiger partial charge in [-0.15, -0.1) is 0 Å². The molecule has 3 rings (SSSR count). The number of aliphatic hydroxyl groups excluding tert-OH is 1. The van der Waals surface area contributed by atoms with Gasteiger partial charge in [0.15, 0.2) is 0 Å². The van der Waals surface area contributed by atoms with Crippen molar-refractivity contribution in [2.75, 3.05) is 13.7 Å². The lowest BCUT2D eigenvalue weighted by Gasteiger charge is -2.25. The Morgan fingerprint density at radius 2 is 2.17 bits per heavy atom. The van der Waals surface area contributed by atoms with E-state index in [4.69, 9.17) is 10.00 Å². The average Bonchev–Trinajstić information content (AvgIpc) is 2.95. The zero-order valence-corrected chi connectivity index (χ0v) is 13.4. The summed E-state index contributed by atoms with van der Waals surface area (Å²) in [6, 6.07) is 14.0. The van der Waals surface area contributed by atoms with Gasteiger partial charge >= 0.3 is 0 Å². The fourth-order valence-corrected chi connectivity index (χ4v) is 3.28. The first-order valence-electron chi connectivity index (χ1n) is 7.85. The lowest BCUT2D eigenvalue weighted by atomic mass is 10.0. The SMILES string of the molecule is COc1cc(CN2CC(O)CC2c2cccc(F)c2)ccc1C#N. The maximum absolute atomic E-state index is 13.5. The summed E-state index contributed by atoms with van der Waals surface area (Å²) in [4.78, 5) is 2.13. The standard InChI is InChI=1S/C19H19FN2O2/c1-24-19-7-13(5-6-15(19)10-21)11-22-12-17(23)9-18(22)14-3-2-4-16(20)8-14/h2-8,17-18,23H,9,11-12H2,1H3. The van der Waals surface area contributed by atoms with Gasteiger partial charge in [0.25, 0.3) is 0 Å². The number of β-amino-alcohol motifs (C(OH)–C–C–N with tert-alkyl or cyclic N) is 1. The van der Waals surface area contributed by atoms with Crippen LogP contribution in [0.25, 0.3) is 0 Å². The third kappa shape index (κ3) is 3.40. The predicted octanol–water partition coefficient (Wildman–Crippen LogP) is 3.01. The largest absolute Gasteiger partial charge is 0.495 e. The third-order valence-electron chi connectivity index (χ3n) is 4.39. The number of halogens is 1. The molecule has 1 N–H and O–H groups in total. The lowest BCUT2D eigenvalue weighted by molar-refractivity contribution is 0.172. The van der Waals surface area contributed by atoms with Crippen molar-refractivity contribution in [2.24, 2.45) is 0 Å². The summed E-state index contributed by atoms with van der Waals surface area (Å²) in [7, 11) is 1.54. The Labute approximate surface area is 140 Å². The minimum absolute atomic E-state index is 0.0302. The Morgan fingerprint density at radius 3 is 2.88 bits per heavy atom. The van der Waals surface area contributed by atoms with Crippen molar-refractivity contribution >= 4 is 0 Å². The van der Waals surface area contributed by atoms with Crippen LogP contribution in [0.2, 0.25) is 0 Å². The molecule has 0 bridgehead atoms. The van der Waals surface area contributed by atoms with Crippen LogP contribution in [0.5, 0.6) is 5.75 Å². The highest BCUT2D eigenvalue weighted by atomic mass is 19.1. The van der Waals surface area contributed by atoms with E-state index in [9.17, 15) is 9.50 Å². The molecule has 1 aliphatic heterocycles. The van der Waals surface area contributed by atoms with Crippen LogP contribution >= 0.6 is 0 Å². The molecular formula is C19H19FN2O2. The van der Waals surface area contributed by atoms with Crippen LogP contribution in [-0.4, -0.2) is 29.8 Å². The quantitative estimate of drug-likeness (QED) is 0.938. The first kappa shape index (κ1) is 16.4. The molecule has 4 nitrogen and oxygen atoms in total. The van der Waals surface area contributed by atoms with Crippen molar-refractivity contribution < 1.29 is 14.2 Å². The molecule has 5 heteroatoms. The van der Waals surface area contributed by atoms with E-state index in [0.717, 1.165) is 11.1 Å².